The van der Waals surface area contributed by atoms with Crippen molar-refractivity contribution in [2.24, 2.45) is 5.84 Å². The molecule has 3 N–H and O–H groups in total. The zero-order valence-corrected chi connectivity index (χ0v) is 11.8. The van der Waals surface area contributed by atoms with Crippen LogP contribution < -0.4 is 11.3 Å². The van der Waals surface area contributed by atoms with Gasteiger partial charge in [0, 0.05) is 25.0 Å². The molecule has 0 fully saturated rings. The number of aromatic nitrogens is 1. The summed E-state index contributed by atoms with van der Waals surface area (Å²) < 4.78 is 0. The summed E-state index contributed by atoms with van der Waals surface area (Å²) in [6, 6.07) is 3.60. The molecule has 6 heteroatoms. The smallest absolute Gasteiger partial charge is 0.272 e. The van der Waals surface area contributed by atoms with Crippen LogP contribution in [-0.2, 0) is 0 Å². The summed E-state index contributed by atoms with van der Waals surface area (Å²) in [5, 5.41) is 0. The van der Waals surface area contributed by atoms with Crippen molar-refractivity contribution >= 4 is 23.4 Å². The predicted molar refractivity (Wildman–Crippen MR) is 76.6 cm³/mol. The number of anilines is 1. The molecule has 0 aromatic carbocycles. The number of carbonyl (C=O) groups excluding carboxylic acids is 1. The second kappa shape index (κ2) is 7.23. The molecule has 1 unspecified atom stereocenters. The molecular weight excluding hydrogens is 248 g/mol. The Morgan fingerprint density at radius 2 is 2.39 bits per heavy atom. The number of hydrogen-bond acceptors (Lipinski definition) is 5. The van der Waals surface area contributed by atoms with Crippen molar-refractivity contribution in [2.45, 2.75) is 19.4 Å². The van der Waals surface area contributed by atoms with Gasteiger partial charge in [0.2, 0.25) is 0 Å². The van der Waals surface area contributed by atoms with Crippen LogP contribution in [0.1, 0.15) is 23.8 Å². The maximum absolute atomic E-state index is 12.3. The number of hydrogen-bond donors (Lipinski definition) is 2. The lowest BCUT2D eigenvalue weighted by Crippen LogP contribution is -2.38. The van der Waals surface area contributed by atoms with Gasteiger partial charge >= 0.3 is 0 Å². The van der Waals surface area contributed by atoms with Gasteiger partial charge in [-0.25, -0.2) is 0 Å². The first-order chi connectivity index (χ1) is 8.63. The molecule has 0 aliphatic heterocycles. The molecule has 1 atom stereocenters. The molecule has 0 aliphatic rings. The SMILES string of the molecule is CCC(CSC)N(C)C(=O)c1cc(NN)ccn1. The van der Waals surface area contributed by atoms with Gasteiger partial charge in [-0.1, -0.05) is 6.92 Å². The second-order valence-corrected chi connectivity index (χ2v) is 4.92. The number of carbonyl (C=O) groups is 1. The van der Waals surface area contributed by atoms with Crippen LogP contribution in [0.15, 0.2) is 18.3 Å². The molecular formula is C12H20N4OS. The third-order valence-electron chi connectivity index (χ3n) is 2.84. The molecule has 1 rings (SSSR count). The first kappa shape index (κ1) is 14.8. The van der Waals surface area contributed by atoms with Gasteiger partial charge in [0.25, 0.3) is 5.91 Å². The fourth-order valence-corrected chi connectivity index (χ4v) is 2.52. The minimum Gasteiger partial charge on any atom is -0.337 e. The standard InChI is InChI=1S/C12H20N4OS/c1-4-10(8-18-3)16(2)12(17)11-7-9(15-13)5-6-14-11/h5-7,10H,4,8,13H2,1-3H3,(H,14,15). The molecule has 1 aromatic heterocycles. The normalized spacial score (nSPS) is 12.0. The van der Waals surface area contributed by atoms with Crippen molar-refractivity contribution in [2.75, 3.05) is 24.5 Å². The topological polar surface area (TPSA) is 71.2 Å². The van der Waals surface area contributed by atoms with E-state index in [2.05, 4.69) is 17.3 Å². The minimum atomic E-state index is -0.0759. The van der Waals surface area contributed by atoms with Crippen LogP contribution in [0, 0.1) is 0 Å². The largest absolute Gasteiger partial charge is 0.337 e. The molecule has 18 heavy (non-hydrogen) atoms. The Morgan fingerprint density at radius 3 is 2.94 bits per heavy atom. The van der Waals surface area contributed by atoms with Crippen LogP contribution in [-0.4, -0.2) is 40.9 Å². The Bertz CT molecular complexity index is 399. The summed E-state index contributed by atoms with van der Waals surface area (Å²) in [4.78, 5) is 18.1. The highest BCUT2D eigenvalue weighted by atomic mass is 32.2. The molecule has 1 amide bonds. The van der Waals surface area contributed by atoms with Gasteiger partial charge in [-0.2, -0.15) is 11.8 Å². The highest BCUT2D eigenvalue weighted by Gasteiger charge is 2.20. The van der Waals surface area contributed by atoms with Gasteiger partial charge in [0.1, 0.15) is 5.69 Å². The summed E-state index contributed by atoms with van der Waals surface area (Å²) in [6.45, 7) is 2.08. The van der Waals surface area contributed by atoms with Crippen LogP contribution in [0.2, 0.25) is 0 Å². The van der Waals surface area contributed by atoms with E-state index in [0.717, 1.165) is 12.2 Å². The molecule has 0 bridgehead atoms. The summed E-state index contributed by atoms with van der Waals surface area (Å²) in [5.41, 5.74) is 3.60. The van der Waals surface area contributed by atoms with Crippen LogP contribution in [0.3, 0.4) is 0 Å². The zero-order valence-electron chi connectivity index (χ0n) is 11.0. The molecule has 0 saturated carbocycles. The second-order valence-electron chi connectivity index (χ2n) is 4.01. The van der Waals surface area contributed by atoms with Crippen LogP contribution in [0.4, 0.5) is 5.69 Å². The first-order valence-electron chi connectivity index (χ1n) is 5.82. The number of pyridine rings is 1. The average Bonchev–Trinajstić information content (AvgIpc) is 2.43. The van der Waals surface area contributed by atoms with E-state index in [0.29, 0.717) is 11.4 Å². The van der Waals surface area contributed by atoms with Crippen molar-refractivity contribution in [1.29, 1.82) is 0 Å². The van der Waals surface area contributed by atoms with Crippen LogP contribution in [0.25, 0.3) is 0 Å². The molecule has 100 valence electrons. The number of amides is 1. The molecule has 0 spiro atoms. The Kier molecular flexibility index (Phi) is 5.94. The summed E-state index contributed by atoms with van der Waals surface area (Å²) in [6.07, 6.45) is 4.54. The lowest BCUT2D eigenvalue weighted by atomic mass is 10.2. The van der Waals surface area contributed by atoms with E-state index in [1.165, 1.54) is 0 Å². The highest BCUT2D eigenvalue weighted by molar-refractivity contribution is 7.98. The fraction of sp³-hybridized carbons (Fsp3) is 0.500. The lowest BCUT2D eigenvalue weighted by molar-refractivity contribution is 0.0738. The van der Waals surface area contributed by atoms with E-state index in [4.69, 9.17) is 5.84 Å². The Morgan fingerprint density at radius 1 is 1.67 bits per heavy atom. The average molecular weight is 268 g/mol. The highest BCUT2D eigenvalue weighted by Crippen LogP contribution is 2.13. The van der Waals surface area contributed by atoms with E-state index >= 15 is 0 Å². The third-order valence-corrected chi connectivity index (χ3v) is 3.56. The Balaban J connectivity index is 2.84. The number of rotatable bonds is 6. The van der Waals surface area contributed by atoms with Gasteiger partial charge < -0.3 is 10.3 Å². The van der Waals surface area contributed by atoms with Crippen molar-refractivity contribution in [3.63, 3.8) is 0 Å². The molecule has 0 aliphatic carbocycles. The fourth-order valence-electron chi connectivity index (χ4n) is 1.68. The predicted octanol–water partition coefficient (Wildman–Crippen LogP) is 1.58. The summed E-state index contributed by atoms with van der Waals surface area (Å²) >= 11 is 1.74. The van der Waals surface area contributed by atoms with E-state index < -0.39 is 0 Å². The van der Waals surface area contributed by atoms with Crippen molar-refractivity contribution in [3.05, 3.63) is 24.0 Å². The molecule has 5 nitrogen and oxygen atoms in total. The van der Waals surface area contributed by atoms with Gasteiger partial charge in [0.15, 0.2) is 0 Å². The maximum atomic E-state index is 12.3. The minimum absolute atomic E-state index is 0.0759. The zero-order chi connectivity index (χ0) is 13.5. The first-order valence-corrected chi connectivity index (χ1v) is 7.22. The molecule has 1 heterocycles. The van der Waals surface area contributed by atoms with E-state index in [1.807, 2.05) is 13.3 Å². The number of nitrogens with two attached hydrogens (primary N) is 1. The number of nitrogens with zero attached hydrogens (tertiary/aromatic N) is 2. The monoisotopic (exact) mass is 268 g/mol. The summed E-state index contributed by atoms with van der Waals surface area (Å²) in [7, 11) is 1.82. The molecule has 0 radical (unpaired) electrons. The van der Waals surface area contributed by atoms with Crippen LogP contribution >= 0.6 is 11.8 Å². The van der Waals surface area contributed by atoms with Gasteiger partial charge in [-0.3, -0.25) is 15.6 Å². The maximum Gasteiger partial charge on any atom is 0.272 e. The summed E-state index contributed by atoms with van der Waals surface area (Å²) in [5.74, 6) is 6.17. The van der Waals surface area contributed by atoms with Crippen molar-refractivity contribution < 1.29 is 4.79 Å². The number of hydrazine groups is 1. The lowest BCUT2D eigenvalue weighted by Gasteiger charge is -2.26. The number of thioether (sulfide) groups is 1. The van der Waals surface area contributed by atoms with E-state index in [1.54, 1.807) is 35.0 Å². The van der Waals surface area contributed by atoms with Gasteiger partial charge in [-0.05, 0) is 24.8 Å². The van der Waals surface area contributed by atoms with Gasteiger partial charge in [-0.15, -0.1) is 0 Å². The molecule has 0 saturated heterocycles. The third kappa shape index (κ3) is 3.61. The number of nitrogens with one attached hydrogen (secondary N) is 1. The van der Waals surface area contributed by atoms with Gasteiger partial charge in [0.05, 0.1) is 5.69 Å². The van der Waals surface area contributed by atoms with Crippen molar-refractivity contribution in [1.82, 2.24) is 9.88 Å². The number of nitrogen functional groups attached to an aromatic ring is 1. The van der Waals surface area contributed by atoms with E-state index in [9.17, 15) is 4.79 Å². The van der Waals surface area contributed by atoms with Crippen LogP contribution in [0.5, 0.6) is 0 Å². The quantitative estimate of drug-likeness (QED) is 0.605. The molecule has 1 aromatic rings. The van der Waals surface area contributed by atoms with E-state index in [-0.39, 0.29) is 11.9 Å². The Labute approximate surface area is 112 Å². The van der Waals surface area contributed by atoms with Crippen molar-refractivity contribution in [3.8, 4) is 0 Å². The Hall–Kier alpha value is -1.27.